The maximum Gasteiger partial charge on any atom is 0.161 e. The number of rotatable bonds is 22. The van der Waals surface area contributed by atoms with Crippen LogP contribution >= 0.6 is 0 Å². The van der Waals surface area contributed by atoms with E-state index in [1.807, 2.05) is 149 Å². The molecule has 0 radical (unpaired) electrons. The minimum absolute atomic E-state index is 0.000891. The number of Topliss-reactive ketones (excluding diaryl/α,β-unsaturated/α-hetero) is 1. The molecule has 0 aromatic heterocycles. The molecule has 8 nitrogen and oxygen atoms in total. The number of aliphatic hydroxyl groups excluding tert-OH is 2. The lowest BCUT2D eigenvalue weighted by Crippen LogP contribution is -2.37. The molecule has 0 aliphatic carbocycles. The summed E-state index contributed by atoms with van der Waals surface area (Å²) < 4.78 is 22.8. The molecule has 4 aromatic rings. The van der Waals surface area contributed by atoms with Crippen LogP contribution in [0.5, 0.6) is 0 Å². The van der Waals surface area contributed by atoms with Crippen LogP contribution in [0.3, 0.4) is 0 Å². The van der Waals surface area contributed by atoms with Crippen LogP contribution in [0.2, 0.25) is 0 Å². The highest BCUT2D eigenvalue weighted by molar-refractivity contribution is 5.82. The summed E-state index contributed by atoms with van der Waals surface area (Å²) in [4.78, 5) is 23.8. The summed E-state index contributed by atoms with van der Waals surface area (Å²) in [5.41, 5.74) is 4.17. The highest BCUT2D eigenvalue weighted by Crippen LogP contribution is 2.23. The number of hydrogen-bond acceptors (Lipinski definition) is 8. The number of carbonyl (C=O) groups excluding carboxylic acids is 2. The molecule has 4 rings (SSSR count). The predicted octanol–water partition coefficient (Wildman–Crippen LogP) is 7.24. The molecule has 4 aromatic carbocycles. The Morgan fingerprint density at radius 1 is 0.596 bits per heavy atom. The Bertz CT molecular complexity index is 1500. The van der Waals surface area contributed by atoms with Crippen molar-refractivity contribution in [2.24, 2.45) is 23.7 Å². The molecule has 0 heterocycles. The smallest absolute Gasteiger partial charge is 0.161 e. The van der Waals surface area contributed by atoms with Gasteiger partial charge in [0.25, 0.3) is 0 Å². The molecule has 0 spiro atoms. The van der Waals surface area contributed by atoms with Crippen molar-refractivity contribution >= 4 is 12.1 Å². The fourth-order valence-electron chi connectivity index (χ4n) is 5.50. The van der Waals surface area contributed by atoms with Crippen LogP contribution in [0.1, 0.15) is 49.9 Å². The van der Waals surface area contributed by atoms with Crippen molar-refractivity contribution < 1.29 is 38.7 Å². The van der Waals surface area contributed by atoms with E-state index in [1.165, 1.54) is 0 Å². The van der Waals surface area contributed by atoms with Crippen LogP contribution in [0, 0.1) is 23.7 Å². The Balaban J connectivity index is 0.000000280. The summed E-state index contributed by atoms with van der Waals surface area (Å²) in [6, 6.07) is 39.2. The highest BCUT2D eigenvalue weighted by Gasteiger charge is 2.29. The number of ketones is 1. The SMILES string of the molecule is C[C@@H]([C@H](C)[C@H](CO)OCc1ccccc1)[C@H](O)COCc1ccccc1.C[C@H]([C@H](C=O)OCc1ccccc1)[C@H](C)C(=O)COCc1ccccc1. The maximum absolute atomic E-state index is 12.4. The van der Waals surface area contributed by atoms with Crippen LogP contribution in [-0.4, -0.2) is 60.4 Å². The first kappa shape index (κ1) is 42.4. The van der Waals surface area contributed by atoms with Crippen molar-refractivity contribution in [3.05, 3.63) is 144 Å². The van der Waals surface area contributed by atoms with E-state index < -0.39 is 12.2 Å². The maximum atomic E-state index is 12.4. The second-order valence-corrected chi connectivity index (χ2v) is 13.3. The second kappa shape index (κ2) is 24.3. The third-order valence-corrected chi connectivity index (χ3v) is 9.50. The molecule has 0 saturated carbocycles. The van der Waals surface area contributed by atoms with E-state index in [9.17, 15) is 19.8 Å². The van der Waals surface area contributed by atoms with Gasteiger partial charge in [0.2, 0.25) is 0 Å². The second-order valence-electron chi connectivity index (χ2n) is 13.3. The fraction of sp³-hybridized carbons (Fsp3) is 0.409. The van der Waals surface area contributed by atoms with Crippen molar-refractivity contribution in [1.29, 1.82) is 0 Å². The van der Waals surface area contributed by atoms with E-state index >= 15 is 0 Å². The lowest BCUT2D eigenvalue weighted by Gasteiger charge is -2.30. The van der Waals surface area contributed by atoms with Gasteiger partial charge in [-0.3, -0.25) is 4.79 Å². The number of hydrogen-bond donors (Lipinski definition) is 2. The monoisotopic (exact) mass is 712 g/mol. The first-order valence-corrected chi connectivity index (χ1v) is 18.0. The molecule has 0 fully saturated rings. The Hall–Kier alpha value is -4.02. The largest absolute Gasteiger partial charge is 0.394 e. The van der Waals surface area contributed by atoms with Crippen LogP contribution < -0.4 is 0 Å². The minimum atomic E-state index is -0.622. The normalized spacial score (nSPS) is 15.2. The summed E-state index contributed by atoms with van der Waals surface area (Å²) >= 11 is 0. The van der Waals surface area contributed by atoms with Gasteiger partial charge in [-0.2, -0.15) is 0 Å². The molecular formula is C44H56O8. The lowest BCUT2D eigenvalue weighted by atomic mass is 9.86. The molecule has 0 saturated heterocycles. The Labute approximate surface area is 309 Å². The fourth-order valence-corrected chi connectivity index (χ4v) is 5.50. The first-order chi connectivity index (χ1) is 25.2. The van der Waals surface area contributed by atoms with Crippen LogP contribution in [0.4, 0.5) is 0 Å². The molecule has 0 aliphatic rings. The van der Waals surface area contributed by atoms with Gasteiger partial charge in [0, 0.05) is 5.92 Å². The number of ether oxygens (including phenoxy) is 4. The van der Waals surface area contributed by atoms with Gasteiger partial charge >= 0.3 is 0 Å². The van der Waals surface area contributed by atoms with Crippen molar-refractivity contribution in [3.63, 3.8) is 0 Å². The van der Waals surface area contributed by atoms with Crippen LogP contribution in [-0.2, 0) is 55.0 Å². The van der Waals surface area contributed by atoms with E-state index in [4.69, 9.17) is 18.9 Å². The van der Waals surface area contributed by atoms with Crippen molar-refractivity contribution in [2.75, 3.05) is 19.8 Å². The third kappa shape index (κ3) is 15.3. The average molecular weight is 713 g/mol. The van der Waals surface area contributed by atoms with Gasteiger partial charge in [-0.05, 0) is 40.0 Å². The molecule has 7 atom stereocenters. The van der Waals surface area contributed by atoms with Gasteiger partial charge in [-0.25, -0.2) is 0 Å². The first-order valence-electron chi connectivity index (χ1n) is 18.0. The number of carbonyl (C=O) groups is 2. The molecule has 2 N–H and O–H groups in total. The number of aldehydes is 1. The van der Waals surface area contributed by atoms with Crippen molar-refractivity contribution in [3.8, 4) is 0 Å². The zero-order valence-corrected chi connectivity index (χ0v) is 31.0. The van der Waals surface area contributed by atoms with Crippen molar-refractivity contribution in [1.82, 2.24) is 0 Å². The predicted molar refractivity (Wildman–Crippen MR) is 203 cm³/mol. The Morgan fingerprint density at radius 2 is 1.02 bits per heavy atom. The van der Waals surface area contributed by atoms with Gasteiger partial charge in [-0.15, -0.1) is 0 Å². The van der Waals surface area contributed by atoms with E-state index in [2.05, 4.69) is 0 Å². The Kier molecular flexibility index (Phi) is 19.8. The quantitative estimate of drug-likeness (QED) is 0.0821. The lowest BCUT2D eigenvalue weighted by molar-refractivity contribution is -0.134. The number of aliphatic hydroxyl groups is 2. The minimum Gasteiger partial charge on any atom is -0.394 e. The Morgan fingerprint density at radius 3 is 1.46 bits per heavy atom. The summed E-state index contributed by atoms with van der Waals surface area (Å²) in [6.07, 6.45) is -0.775. The molecule has 0 unspecified atom stereocenters. The average Bonchev–Trinajstić information content (AvgIpc) is 3.19. The third-order valence-electron chi connectivity index (χ3n) is 9.50. The molecule has 0 aliphatic heterocycles. The molecule has 0 bridgehead atoms. The van der Waals surface area contributed by atoms with E-state index in [0.717, 1.165) is 28.5 Å². The van der Waals surface area contributed by atoms with Crippen LogP contribution in [0.15, 0.2) is 121 Å². The summed E-state index contributed by atoms with van der Waals surface area (Å²) in [5, 5.41) is 20.1. The molecule has 0 amide bonds. The molecule has 52 heavy (non-hydrogen) atoms. The van der Waals surface area contributed by atoms with E-state index in [0.29, 0.717) is 26.4 Å². The summed E-state index contributed by atoms with van der Waals surface area (Å²) in [6.45, 7) is 9.54. The molecule has 280 valence electrons. The van der Waals surface area contributed by atoms with Gasteiger partial charge in [0.15, 0.2) is 5.78 Å². The van der Waals surface area contributed by atoms with E-state index in [1.54, 1.807) is 0 Å². The molecular weight excluding hydrogens is 656 g/mol. The zero-order valence-electron chi connectivity index (χ0n) is 31.0. The van der Waals surface area contributed by atoms with Gasteiger partial charge in [0.05, 0.1) is 51.8 Å². The van der Waals surface area contributed by atoms with E-state index in [-0.39, 0.29) is 55.4 Å². The number of benzene rings is 4. The summed E-state index contributed by atoms with van der Waals surface area (Å²) in [7, 11) is 0. The zero-order chi connectivity index (χ0) is 37.6. The van der Waals surface area contributed by atoms with Crippen molar-refractivity contribution in [2.45, 2.75) is 72.4 Å². The summed E-state index contributed by atoms with van der Waals surface area (Å²) in [5.74, 6) is -0.623. The van der Waals surface area contributed by atoms with Gasteiger partial charge in [-0.1, -0.05) is 149 Å². The van der Waals surface area contributed by atoms with Gasteiger partial charge in [0.1, 0.15) is 19.0 Å². The van der Waals surface area contributed by atoms with Crippen LogP contribution in [0.25, 0.3) is 0 Å². The van der Waals surface area contributed by atoms with Gasteiger partial charge < -0.3 is 34.0 Å². The highest BCUT2D eigenvalue weighted by atomic mass is 16.5. The standard InChI is InChI=1S/C22H30O4.C22H26O4/c2*1-17(21(24)16-25-14-19-9-5-3-6-10-19)18(2)22(13-23)26-15-20-11-7-4-8-12-20/h3-12,17-18,21-24H,13-16H2,1-2H3;3-13,17-18,22H,14-16H2,1-2H3/t17-,18-,21+,22-;17-,18-,22-/m00/s1. The molecule has 8 heteroatoms. The topological polar surface area (TPSA) is 112 Å².